The summed E-state index contributed by atoms with van der Waals surface area (Å²) in [7, 11) is 0. The van der Waals surface area contributed by atoms with E-state index in [0.717, 1.165) is 11.1 Å². The summed E-state index contributed by atoms with van der Waals surface area (Å²) in [5, 5.41) is 1.43. The zero-order valence-electron chi connectivity index (χ0n) is 9.07. The Morgan fingerprint density at radius 3 is 1.29 bits per heavy atom. The third-order valence-electron chi connectivity index (χ3n) is 2.39. The second-order valence-corrected chi connectivity index (χ2v) is 4.94. The average molecular weight is 231 g/mol. The topological polar surface area (TPSA) is 0 Å². The fourth-order valence-electron chi connectivity index (χ4n) is 1.47. The molecule has 0 aromatic heterocycles. The van der Waals surface area contributed by atoms with Gasteiger partial charge in [-0.1, -0.05) is 63.0 Å². The molecule has 0 fully saturated rings. The van der Waals surface area contributed by atoms with Crippen LogP contribution in [0.4, 0.5) is 0 Å². The van der Waals surface area contributed by atoms with Gasteiger partial charge in [0, 0.05) is 0 Å². The second kappa shape index (κ2) is 4.55. The Morgan fingerprint density at radius 2 is 1.07 bits per heavy atom. The maximum Gasteiger partial charge on any atom is 0.0629 e. The highest BCUT2D eigenvalue weighted by Crippen LogP contribution is 2.36. The molecule has 0 bridgehead atoms. The molecule has 1 aromatic rings. The Labute approximate surface area is 96.2 Å². The molecule has 2 heteroatoms. The quantitative estimate of drug-likeness (QED) is 0.652. The van der Waals surface area contributed by atoms with Crippen LogP contribution in [-0.2, 0) is 0 Å². The summed E-state index contributed by atoms with van der Waals surface area (Å²) in [5.74, 6) is 0.836. The smallest absolute Gasteiger partial charge is 0.0629 e. The number of halogens is 2. The summed E-state index contributed by atoms with van der Waals surface area (Å²) in [5.41, 5.74) is 2.25. The third-order valence-corrected chi connectivity index (χ3v) is 3.30. The average Bonchev–Trinajstić information content (AvgIpc) is 2.08. The molecule has 0 aliphatic carbocycles. The first-order chi connectivity index (χ1) is 6.45. The van der Waals surface area contributed by atoms with Gasteiger partial charge in [0.1, 0.15) is 0 Å². The van der Waals surface area contributed by atoms with Crippen LogP contribution in [0.3, 0.4) is 0 Å². The van der Waals surface area contributed by atoms with Crippen LogP contribution in [-0.4, -0.2) is 0 Å². The first-order valence-corrected chi connectivity index (χ1v) is 5.68. The SMILES string of the molecule is CC(C)c1ccc(C(C)C)c(Cl)c1Cl. The summed E-state index contributed by atoms with van der Waals surface area (Å²) in [6.45, 7) is 8.47. The van der Waals surface area contributed by atoms with E-state index in [1.54, 1.807) is 0 Å². The number of rotatable bonds is 2. The van der Waals surface area contributed by atoms with Crippen LogP contribution in [0.2, 0.25) is 10.0 Å². The first kappa shape index (κ1) is 11.9. The van der Waals surface area contributed by atoms with Gasteiger partial charge in [-0.25, -0.2) is 0 Å². The van der Waals surface area contributed by atoms with Gasteiger partial charge in [0.05, 0.1) is 10.0 Å². The van der Waals surface area contributed by atoms with Crippen molar-refractivity contribution in [1.29, 1.82) is 0 Å². The Balaban J connectivity index is 3.26. The van der Waals surface area contributed by atoms with Crippen molar-refractivity contribution >= 4 is 23.2 Å². The number of hydrogen-bond donors (Lipinski definition) is 0. The van der Waals surface area contributed by atoms with Crippen LogP contribution < -0.4 is 0 Å². The highest BCUT2D eigenvalue weighted by molar-refractivity contribution is 6.43. The van der Waals surface area contributed by atoms with Gasteiger partial charge in [-0.2, -0.15) is 0 Å². The van der Waals surface area contributed by atoms with Gasteiger partial charge < -0.3 is 0 Å². The van der Waals surface area contributed by atoms with Gasteiger partial charge in [0.2, 0.25) is 0 Å². The van der Waals surface area contributed by atoms with Crippen LogP contribution in [0.15, 0.2) is 12.1 Å². The van der Waals surface area contributed by atoms with Gasteiger partial charge in [-0.3, -0.25) is 0 Å². The molecule has 0 unspecified atom stereocenters. The molecule has 0 amide bonds. The molecule has 0 nitrogen and oxygen atoms in total. The van der Waals surface area contributed by atoms with E-state index >= 15 is 0 Å². The monoisotopic (exact) mass is 230 g/mol. The van der Waals surface area contributed by atoms with Gasteiger partial charge in [-0.15, -0.1) is 0 Å². The molecule has 0 saturated carbocycles. The van der Waals surface area contributed by atoms with Crippen LogP contribution >= 0.6 is 23.2 Å². The Hall–Kier alpha value is -0.200. The van der Waals surface area contributed by atoms with E-state index in [-0.39, 0.29) is 0 Å². The van der Waals surface area contributed by atoms with Crippen LogP contribution in [0.1, 0.15) is 50.7 Å². The second-order valence-electron chi connectivity index (χ2n) is 4.18. The Morgan fingerprint density at radius 1 is 0.786 bits per heavy atom. The van der Waals surface area contributed by atoms with E-state index in [1.165, 1.54) is 0 Å². The van der Waals surface area contributed by atoms with Crippen molar-refractivity contribution in [3.8, 4) is 0 Å². The molecule has 0 aliphatic rings. The van der Waals surface area contributed by atoms with Crippen molar-refractivity contribution in [1.82, 2.24) is 0 Å². The van der Waals surface area contributed by atoms with Crippen molar-refractivity contribution < 1.29 is 0 Å². The van der Waals surface area contributed by atoms with Crippen molar-refractivity contribution in [3.05, 3.63) is 33.3 Å². The summed E-state index contributed by atoms with van der Waals surface area (Å²) >= 11 is 12.4. The van der Waals surface area contributed by atoms with Crippen molar-refractivity contribution in [2.24, 2.45) is 0 Å². The molecule has 78 valence electrons. The van der Waals surface area contributed by atoms with E-state index in [0.29, 0.717) is 21.9 Å². The van der Waals surface area contributed by atoms with Crippen molar-refractivity contribution in [2.75, 3.05) is 0 Å². The standard InChI is InChI=1S/C12H16Cl2/c1-7(2)9-5-6-10(8(3)4)12(14)11(9)13/h5-8H,1-4H3. The van der Waals surface area contributed by atoms with Crippen molar-refractivity contribution in [2.45, 2.75) is 39.5 Å². The van der Waals surface area contributed by atoms with E-state index in [4.69, 9.17) is 23.2 Å². The minimum absolute atomic E-state index is 0.418. The van der Waals surface area contributed by atoms with E-state index in [1.807, 2.05) is 0 Å². The largest absolute Gasteiger partial charge is 0.0824 e. The molecule has 0 N–H and O–H groups in total. The summed E-state index contributed by atoms with van der Waals surface area (Å²) in [6, 6.07) is 4.16. The number of benzene rings is 1. The van der Waals surface area contributed by atoms with E-state index in [9.17, 15) is 0 Å². The zero-order chi connectivity index (χ0) is 10.9. The zero-order valence-corrected chi connectivity index (χ0v) is 10.6. The maximum atomic E-state index is 6.21. The molecule has 0 aliphatic heterocycles. The van der Waals surface area contributed by atoms with E-state index < -0.39 is 0 Å². The summed E-state index contributed by atoms with van der Waals surface area (Å²) < 4.78 is 0. The predicted molar refractivity (Wildman–Crippen MR) is 64.6 cm³/mol. The predicted octanol–water partition coefficient (Wildman–Crippen LogP) is 5.24. The molecule has 1 aromatic carbocycles. The lowest BCUT2D eigenvalue weighted by Gasteiger charge is -2.14. The normalized spacial score (nSPS) is 11.4. The van der Waals surface area contributed by atoms with Gasteiger partial charge in [-0.05, 0) is 23.0 Å². The molecule has 14 heavy (non-hydrogen) atoms. The molecule has 0 saturated heterocycles. The minimum atomic E-state index is 0.418. The van der Waals surface area contributed by atoms with Crippen molar-refractivity contribution in [3.63, 3.8) is 0 Å². The van der Waals surface area contributed by atoms with E-state index in [2.05, 4.69) is 39.8 Å². The number of hydrogen-bond acceptors (Lipinski definition) is 0. The molecule has 0 atom stereocenters. The minimum Gasteiger partial charge on any atom is -0.0824 e. The molecular formula is C12H16Cl2. The maximum absolute atomic E-state index is 6.21. The van der Waals surface area contributed by atoms with Gasteiger partial charge in [0.25, 0.3) is 0 Å². The highest BCUT2D eigenvalue weighted by Gasteiger charge is 2.13. The lowest BCUT2D eigenvalue weighted by molar-refractivity contribution is 0.845. The summed E-state index contributed by atoms with van der Waals surface area (Å²) in [4.78, 5) is 0. The highest BCUT2D eigenvalue weighted by atomic mass is 35.5. The fourth-order valence-corrected chi connectivity index (χ4v) is 2.25. The van der Waals surface area contributed by atoms with Gasteiger partial charge in [0.15, 0.2) is 0 Å². The Bertz CT molecular complexity index is 294. The van der Waals surface area contributed by atoms with Crippen LogP contribution in [0, 0.1) is 0 Å². The third kappa shape index (κ3) is 2.24. The van der Waals surface area contributed by atoms with Crippen LogP contribution in [0.5, 0.6) is 0 Å². The molecule has 0 heterocycles. The van der Waals surface area contributed by atoms with Gasteiger partial charge >= 0.3 is 0 Å². The fraction of sp³-hybridized carbons (Fsp3) is 0.500. The first-order valence-electron chi connectivity index (χ1n) is 4.93. The lowest BCUT2D eigenvalue weighted by atomic mass is 9.97. The molecule has 1 rings (SSSR count). The lowest BCUT2D eigenvalue weighted by Crippen LogP contribution is -1.95. The molecule has 0 radical (unpaired) electrons. The summed E-state index contributed by atoms with van der Waals surface area (Å²) in [6.07, 6.45) is 0. The molecular weight excluding hydrogens is 215 g/mol. The van der Waals surface area contributed by atoms with Crippen LogP contribution in [0.25, 0.3) is 0 Å². The molecule has 0 spiro atoms. The Kier molecular flexibility index (Phi) is 3.86.